The molecule has 0 saturated heterocycles. The van der Waals surface area contributed by atoms with Gasteiger partial charge >= 0.3 is 0 Å². The van der Waals surface area contributed by atoms with E-state index >= 15 is 0 Å². The third kappa shape index (κ3) is 3.91. The quantitative estimate of drug-likeness (QED) is 0.263. The maximum Gasteiger partial charge on any atom is 0.123 e. The molecule has 0 bridgehead atoms. The lowest BCUT2D eigenvalue weighted by molar-refractivity contribution is 0.628. The van der Waals surface area contributed by atoms with Crippen LogP contribution in [0, 0.1) is 5.82 Å². The fraction of sp³-hybridized carbons (Fsp3) is 0.107. The number of hydrogen-bond donors (Lipinski definition) is 3. The summed E-state index contributed by atoms with van der Waals surface area (Å²) in [6, 6.07) is 19.1. The summed E-state index contributed by atoms with van der Waals surface area (Å²) < 4.78 is 13.9. The summed E-state index contributed by atoms with van der Waals surface area (Å²) in [6.07, 6.45) is 5.43. The Bertz CT molecular complexity index is 1680. The molecule has 4 heterocycles. The van der Waals surface area contributed by atoms with Crippen molar-refractivity contribution in [2.24, 2.45) is 0 Å². The first-order chi connectivity index (χ1) is 17.0. The summed E-state index contributed by atoms with van der Waals surface area (Å²) in [6.45, 7) is 4.21. The van der Waals surface area contributed by atoms with Crippen LogP contribution >= 0.6 is 0 Å². The lowest BCUT2D eigenvalue weighted by Crippen LogP contribution is -2.09. The second-order valence-electron chi connectivity index (χ2n) is 8.91. The van der Waals surface area contributed by atoms with E-state index < -0.39 is 0 Å². The molecule has 3 N–H and O–H groups in total. The first-order valence-corrected chi connectivity index (χ1v) is 11.5. The Morgan fingerprint density at radius 2 is 1.71 bits per heavy atom. The highest BCUT2D eigenvalue weighted by atomic mass is 19.1. The summed E-state index contributed by atoms with van der Waals surface area (Å²) in [5.41, 5.74) is 8.06. The summed E-state index contributed by atoms with van der Waals surface area (Å²) in [5, 5.41) is 13.1. The molecular formula is C28H23FN6. The Kier molecular flexibility index (Phi) is 5.03. The zero-order valence-electron chi connectivity index (χ0n) is 19.3. The number of aromatic amines is 2. The average Bonchev–Trinajstić information content (AvgIpc) is 3.47. The van der Waals surface area contributed by atoms with Gasteiger partial charge in [0.2, 0.25) is 0 Å². The minimum absolute atomic E-state index is 0.287. The van der Waals surface area contributed by atoms with Crippen LogP contribution in [0.4, 0.5) is 10.1 Å². The summed E-state index contributed by atoms with van der Waals surface area (Å²) in [4.78, 5) is 12.4. The largest absolute Gasteiger partial charge is 0.382 e. The molecular weight excluding hydrogens is 439 g/mol. The molecule has 4 aromatic heterocycles. The van der Waals surface area contributed by atoms with Crippen LogP contribution in [-0.2, 0) is 0 Å². The maximum atomic E-state index is 13.9. The van der Waals surface area contributed by atoms with Gasteiger partial charge in [0.25, 0.3) is 0 Å². The predicted octanol–water partition coefficient (Wildman–Crippen LogP) is 6.79. The van der Waals surface area contributed by atoms with E-state index in [1.54, 1.807) is 12.3 Å². The molecule has 0 saturated carbocycles. The van der Waals surface area contributed by atoms with Crippen molar-refractivity contribution in [3.63, 3.8) is 0 Å². The first-order valence-electron chi connectivity index (χ1n) is 11.5. The number of fused-ring (bicyclic) bond motifs is 2. The van der Waals surface area contributed by atoms with E-state index in [2.05, 4.69) is 62.5 Å². The Balaban J connectivity index is 1.45. The van der Waals surface area contributed by atoms with Gasteiger partial charge in [-0.1, -0.05) is 18.2 Å². The lowest BCUT2D eigenvalue weighted by atomic mass is 10.0. The van der Waals surface area contributed by atoms with Crippen molar-refractivity contribution in [2.45, 2.75) is 19.9 Å². The molecule has 172 valence electrons. The standard InChI is InChI=1S/C28H23FN6/c1-16(2)32-21-11-19(14-30-15-21)17-6-7-25-22(12-17)28(35-34-25)26-13-23-24(33-26)8-9-31-27(23)18-4-3-5-20(29)10-18/h3-16,32-33H,1-2H3,(H,34,35). The molecule has 0 aliphatic rings. The minimum Gasteiger partial charge on any atom is -0.382 e. The molecule has 0 atom stereocenters. The third-order valence-corrected chi connectivity index (χ3v) is 5.99. The lowest BCUT2D eigenvalue weighted by Gasteiger charge is -2.11. The van der Waals surface area contributed by atoms with Crippen molar-refractivity contribution in [1.82, 2.24) is 25.1 Å². The molecule has 0 spiro atoms. The van der Waals surface area contributed by atoms with Gasteiger partial charge in [-0.05, 0) is 61.9 Å². The second kappa shape index (κ2) is 8.36. The maximum absolute atomic E-state index is 13.9. The molecule has 0 aliphatic heterocycles. The fourth-order valence-electron chi connectivity index (χ4n) is 4.46. The average molecular weight is 463 g/mol. The normalized spacial score (nSPS) is 11.5. The number of hydrogen-bond acceptors (Lipinski definition) is 4. The second-order valence-corrected chi connectivity index (χ2v) is 8.91. The molecule has 0 aliphatic carbocycles. The van der Waals surface area contributed by atoms with Crippen molar-refractivity contribution in [2.75, 3.05) is 5.32 Å². The van der Waals surface area contributed by atoms with Crippen LogP contribution in [0.2, 0.25) is 0 Å². The van der Waals surface area contributed by atoms with Crippen molar-refractivity contribution >= 4 is 27.5 Å². The SMILES string of the molecule is CC(C)Nc1cncc(-c2ccc3[nH]nc(-c4cc5c(-c6cccc(F)c6)nccc5[nH]4)c3c2)c1. The van der Waals surface area contributed by atoms with Crippen molar-refractivity contribution in [3.8, 4) is 33.8 Å². The van der Waals surface area contributed by atoms with Crippen LogP contribution in [0.1, 0.15) is 13.8 Å². The van der Waals surface area contributed by atoms with Crippen molar-refractivity contribution < 1.29 is 4.39 Å². The topological polar surface area (TPSA) is 82.3 Å². The monoisotopic (exact) mass is 462 g/mol. The summed E-state index contributed by atoms with van der Waals surface area (Å²) in [5.74, 6) is -0.287. The van der Waals surface area contributed by atoms with E-state index in [9.17, 15) is 4.39 Å². The highest BCUT2D eigenvalue weighted by molar-refractivity contribution is 6.00. The number of pyridine rings is 2. The van der Waals surface area contributed by atoms with E-state index in [1.165, 1.54) is 12.1 Å². The Morgan fingerprint density at radius 1 is 0.829 bits per heavy atom. The van der Waals surface area contributed by atoms with E-state index in [4.69, 9.17) is 0 Å². The fourth-order valence-corrected chi connectivity index (χ4v) is 4.46. The molecule has 0 amide bonds. The van der Waals surface area contributed by atoms with Crippen LogP contribution in [0.25, 0.3) is 55.6 Å². The first kappa shape index (κ1) is 21.0. The van der Waals surface area contributed by atoms with E-state index in [0.717, 1.165) is 61.3 Å². The van der Waals surface area contributed by atoms with Gasteiger partial charge in [0.05, 0.1) is 22.6 Å². The highest BCUT2D eigenvalue weighted by Gasteiger charge is 2.15. The van der Waals surface area contributed by atoms with Crippen LogP contribution in [0.5, 0.6) is 0 Å². The predicted molar refractivity (Wildman–Crippen MR) is 139 cm³/mol. The van der Waals surface area contributed by atoms with Crippen LogP contribution < -0.4 is 5.32 Å². The molecule has 2 aromatic carbocycles. The van der Waals surface area contributed by atoms with Gasteiger partial charge in [-0.15, -0.1) is 0 Å². The number of H-pyrrole nitrogens is 2. The molecule has 35 heavy (non-hydrogen) atoms. The zero-order valence-corrected chi connectivity index (χ0v) is 19.3. The molecule has 6 rings (SSSR count). The molecule has 6 aromatic rings. The number of anilines is 1. The number of benzene rings is 2. The number of halogens is 1. The number of rotatable bonds is 5. The van der Waals surface area contributed by atoms with Gasteiger partial charge in [0.15, 0.2) is 0 Å². The Hall–Kier alpha value is -4.52. The number of nitrogens with zero attached hydrogens (tertiary/aromatic N) is 3. The molecule has 0 fully saturated rings. The number of nitrogens with one attached hydrogen (secondary N) is 3. The van der Waals surface area contributed by atoms with Crippen LogP contribution in [-0.4, -0.2) is 31.2 Å². The van der Waals surface area contributed by atoms with Gasteiger partial charge < -0.3 is 10.3 Å². The Labute approximate surface area is 201 Å². The summed E-state index contributed by atoms with van der Waals surface area (Å²) >= 11 is 0. The number of aromatic nitrogens is 5. The highest BCUT2D eigenvalue weighted by Crippen LogP contribution is 2.34. The van der Waals surface area contributed by atoms with Gasteiger partial charge in [-0.3, -0.25) is 15.1 Å². The van der Waals surface area contributed by atoms with Gasteiger partial charge in [-0.25, -0.2) is 4.39 Å². The molecule has 6 nitrogen and oxygen atoms in total. The van der Waals surface area contributed by atoms with Gasteiger partial charge in [-0.2, -0.15) is 5.10 Å². The third-order valence-electron chi connectivity index (χ3n) is 5.99. The van der Waals surface area contributed by atoms with E-state index in [0.29, 0.717) is 6.04 Å². The molecule has 0 unspecified atom stereocenters. The summed E-state index contributed by atoms with van der Waals surface area (Å²) in [7, 11) is 0. The van der Waals surface area contributed by atoms with Crippen molar-refractivity contribution in [3.05, 3.63) is 85.1 Å². The smallest absolute Gasteiger partial charge is 0.123 e. The minimum atomic E-state index is -0.287. The van der Waals surface area contributed by atoms with Gasteiger partial charge in [0.1, 0.15) is 11.5 Å². The van der Waals surface area contributed by atoms with Gasteiger partial charge in [0, 0.05) is 52.0 Å². The van der Waals surface area contributed by atoms with E-state index in [-0.39, 0.29) is 5.82 Å². The van der Waals surface area contributed by atoms with Crippen molar-refractivity contribution in [1.29, 1.82) is 0 Å². The van der Waals surface area contributed by atoms with E-state index in [1.807, 2.05) is 36.7 Å². The Morgan fingerprint density at radius 3 is 2.57 bits per heavy atom. The van der Waals surface area contributed by atoms with Crippen LogP contribution in [0.3, 0.4) is 0 Å². The zero-order chi connectivity index (χ0) is 23.9. The van der Waals surface area contributed by atoms with Crippen LogP contribution in [0.15, 0.2) is 79.3 Å². The molecule has 0 radical (unpaired) electrons. The molecule has 7 heteroatoms.